The Labute approximate surface area is 25.9 Å². The highest BCUT2D eigenvalue weighted by Crippen LogP contribution is 1.09. The quantitative estimate of drug-likeness (QED) is 0.300. The molecule has 0 bridgehead atoms. The van der Waals surface area contributed by atoms with Gasteiger partial charge in [-0.3, -0.25) is 0 Å². The molecule has 0 aliphatic carbocycles. The van der Waals surface area contributed by atoms with E-state index in [1.54, 1.807) is 0 Å². The van der Waals surface area contributed by atoms with Gasteiger partial charge < -0.3 is 7.49 Å². The molecule has 18 valence electrons. The van der Waals surface area contributed by atoms with Gasteiger partial charge in [0.05, 0.1) is 0 Å². The van der Waals surface area contributed by atoms with Crippen molar-refractivity contribution in [3.63, 3.8) is 0 Å². The van der Waals surface area contributed by atoms with Crippen molar-refractivity contribution in [2.45, 2.75) is 0 Å². The number of rotatable bonds is 0. The third-order valence-corrected chi connectivity index (χ3v) is 0.0833. The van der Waals surface area contributed by atoms with Gasteiger partial charge in [-0.1, -0.05) is 0 Å². The summed E-state index contributed by atoms with van der Waals surface area (Å²) in [7, 11) is 4.60. The van der Waals surface area contributed by atoms with Crippen LogP contribution in [-0.2, 0) is 0 Å². The molecule has 0 aromatic heterocycles. The van der Waals surface area contributed by atoms with Crippen molar-refractivity contribution in [1.29, 1.82) is 0 Å². The fourth-order valence-corrected chi connectivity index (χ4v) is 0. The molecule has 2 heteroatoms. The van der Waals surface area contributed by atoms with Crippen LogP contribution < -0.4 is 5.26 Å². The minimum atomic E-state index is 1.04. The fourth-order valence-electron chi connectivity index (χ4n) is 0. The van der Waals surface area contributed by atoms with Crippen LogP contribution in [0.1, 0.15) is 0 Å². The molecule has 0 amide bonds. The Hall–Kier alpha value is -0.575. The lowest BCUT2D eigenvalue weighted by atomic mass is 10.3. The second kappa shape index (κ2) is 2.42. The molecule has 0 aromatic rings. The lowest BCUT2D eigenvalue weighted by molar-refractivity contribution is -0.0882. The summed E-state index contributed by atoms with van der Waals surface area (Å²) in [4.78, 5) is 0. The van der Waals surface area contributed by atoms with E-state index in [-0.39, 0.29) is 0 Å². The van der Waals surface area contributed by atoms with E-state index in [2.05, 4.69) is 7.49 Å². The molecule has 4 heavy (non-hydrogen) atoms. The van der Waals surface area contributed by atoms with Gasteiger partial charge in [-0.2, -0.15) is 0 Å². The molecule has 0 saturated heterocycles. The number of nitrogens with one attached hydrogen (secondary N) is 1. The summed E-state index contributed by atoms with van der Waals surface area (Å²) >= 11 is 0. The molecular formula is C2H2BN. The predicted octanol–water partition coefficient (Wildman–Crippen LogP) is -2.27. The van der Waals surface area contributed by atoms with Gasteiger partial charge in [0.25, 0.3) is 0 Å². The van der Waals surface area contributed by atoms with Gasteiger partial charge in [0.2, 0.25) is 6.07 Å². The van der Waals surface area contributed by atoms with Crippen molar-refractivity contribution in [2.24, 2.45) is 0 Å². The van der Waals surface area contributed by atoms with Crippen molar-refractivity contribution >= 4 is 13.5 Å². The van der Waals surface area contributed by atoms with Crippen LogP contribution in [0.5, 0.6) is 0 Å². The zero-order chi connectivity index (χ0) is 3.41. The van der Waals surface area contributed by atoms with E-state index < -0.39 is 0 Å². The Balaban J connectivity index is 2.92. The van der Waals surface area contributed by atoms with Gasteiger partial charge in [-0.05, 0) is 0 Å². The topological polar surface area (TPSA) is 23.8 Å². The summed E-state index contributed by atoms with van der Waals surface area (Å²) < 4.78 is 0. The fraction of sp³-hybridized carbons (Fsp3) is 0. The van der Waals surface area contributed by atoms with Gasteiger partial charge in [0, 0.05) is 0 Å². The molecule has 0 atom stereocenters. The summed E-state index contributed by atoms with van der Waals surface area (Å²) in [5.41, 5.74) is 0. The lowest BCUT2D eigenvalue weighted by Gasteiger charge is -1.46. The molecule has 0 heterocycles. The van der Waals surface area contributed by atoms with Crippen LogP contribution in [-0.4, -0.2) is 13.5 Å². The molecule has 0 spiro atoms. The van der Waals surface area contributed by atoms with Crippen LogP contribution in [0.25, 0.3) is 0 Å². The van der Waals surface area contributed by atoms with Gasteiger partial charge in [0.1, 0.15) is 0 Å². The molecule has 0 aliphatic heterocycles. The normalized spacial score (nSPS) is 3.75. The van der Waals surface area contributed by atoms with Crippen molar-refractivity contribution in [3.05, 3.63) is 0 Å². The lowest BCUT2D eigenvalue weighted by Crippen LogP contribution is -2.17. The third kappa shape index (κ3) is 1.42. The first kappa shape index (κ1) is 3.42. The Bertz CT molecular complexity index is 51.5. The van der Waals surface area contributed by atoms with Crippen molar-refractivity contribution < 1.29 is 5.26 Å². The first-order chi connectivity index (χ1) is 1.91. The molecule has 0 aliphatic rings. The summed E-state index contributed by atoms with van der Waals surface area (Å²) in [6, 6.07) is 1.83. The highest BCUT2D eigenvalue weighted by molar-refractivity contribution is 6.32. The van der Waals surface area contributed by atoms with E-state index in [9.17, 15) is 0 Å². The Kier molecular flexibility index (Phi) is 2.08. The maximum Gasteiger partial charge on any atom is 0.247 e. The number of hydrogen-bond donors (Lipinski definition) is 1. The Morgan fingerprint density at radius 2 is 2.25 bits per heavy atom. The Morgan fingerprint density at radius 1 is 2.00 bits per heavy atom. The predicted molar refractivity (Wildman–Crippen MR) is 16.7 cm³/mol. The van der Waals surface area contributed by atoms with Crippen molar-refractivity contribution in [3.8, 4) is 6.07 Å². The molecule has 1 nitrogen and oxygen atoms in total. The van der Waals surface area contributed by atoms with E-state index in [4.69, 9.17) is 5.26 Å². The average molecular weight is 50.9 g/mol. The minimum absolute atomic E-state index is 1.04. The summed E-state index contributed by atoms with van der Waals surface area (Å²) in [5.74, 6) is 1.04. The van der Waals surface area contributed by atoms with Gasteiger partial charge in [-0.25, -0.2) is 5.97 Å². The molecule has 0 fully saturated rings. The highest BCUT2D eigenvalue weighted by atomic mass is 14.2. The van der Waals surface area contributed by atoms with Crippen LogP contribution in [0.2, 0.25) is 0 Å². The van der Waals surface area contributed by atoms with Crippen LogP contribution in [0.15, 0.2) is 0 Å². The molecule has 2 radical (unpaired) electrons. The first-order valence-corrected chi connectivity index (χ1v) is 0.872. The van der Waals surface area contributed by atoms with Gasteiger partial charge in [0.15, 0.2) is 0 Å². The van der Waals surface area contributed by atoms with Crippen LogP contribution in [0, 0.1) is 6.07 Å². The van der Waals surface area contributed by atoms with Crippen LogP contribution >= 0.6 is 0 Å². The monoisotopic (exact) mass is 51.0 g/mol. The van der Waals surface area contributed by atoms with E-state index >= 15 is 0 Å². The van der Waals surface area contributed by atoms with Crippen LogP contribution in [0.4, 0.5) is 0 Å². The summed E-state index contributed by atoms with van der Waals surface area (Å²) in [6.07, 6.45) is 0. The summed E-state index contributed by atoms with van der Waals surface area (Å²) in [6.45, 7) is 0. The van der Waals surface area contributed by atoms with Gasteiger partial charge in [-0.15, -0.1) is 5.26 Å². The largest absolute Gasteiger partial charge is 0.587 e. The van der Waals surface area contributed by atoms with E-state index in [1.807, 2.05) is 6.07 Å². The maximum atomic E-state index is 6.02. The van der Waals surface area contributed by atoms with E-state index in [0.29, 0.717) is 0 Å². The van der Waals surface area contributed by atoms with Gasteiger partial charge >= 0.3 is 0 Å². The second-order valence-electron chi connectivity index (χ2n) is 0.311. The molecule has 1 N–H and O–H groups in total. The molecule has 0 saturated carbocycles. The highest BCUT2D eigenvalue weighted by Gasteiger charge is 1.29. The zero-order valence-corrected chi connectivity index (χ0v) is 2.15. The SMILES string of the molecule is [B-]=CC#[NH+]. The van der Waals surface area contributed by atoms with E-state index in [0.717, 1.165) is 5.97 Å². The summed E-state index contributed by atoms with van der Waals surface area (Å²) in [5, 5.41) is 6.02. The first-order valence-electron chi connectivity index (χ1n) is 0.872. The van der Waals surface area contributed by atoms with Crippen LogP contribution in [0.3, 0.4) is 0 Å². The standard InChI is InChI=1S/C2HBN/c3-1-2-4/h1H/q-1/p+1. The number of hydrogen-bond acceptors (Lipinski definition) is 0. The van der Waals surface area contributed by atoms with Crippen molar-refractivity contribution in [2.75, 3.05) is 0 Å². The Morgan fingerprint density at radius 3 is 2.25 bits per heavy atom. The zero-order valence-electron chi connectivity index (χ0n) is 2.15. The van der Waals surface area contributed by atoms with E-state index in [1.165, 1.54) is 0 Å². The molecule has 0 aromatic carbocycles. The smallest absolute Gasteiger partial charge is 0.247 e. The molecule has 0 unspecified atom stereocenters. The molecular weight excluding hydrogens is 48.8 g/mol. The third-order valence-electron chi connectivity index (χ3n) is 0.0833. The average Bonchev–Trinajstić information content (AvgIpc) is 1.37. The molecule has 0 rings (SSSR count). The van der Waals surface area contributed by atoms with Crippen molar-refractivity contribution in [1.82, 2.24) is 0 Å². The minimum Gasteiger partial charge on any atom is -0.587 e. The second-order valence-corrected chi connectivity index (χ2v) is 0.311. The maximum absolute atomic E-state index is 6.02.